The fourth-order valence-electron chi connectivity index (χ4n) is 1.41. The fraction of sp³-hybridized carbons (Fsp3) is 0.769. The van der Waals surface area contributed by atoms with Gasteiger partial charge in [-0.15, -0.1) is 0 Å². The summed E-state index contributed by atoms with van der Waals surface area (Å²) in [6.45, 7) is 7.36. The zero-order chi connectivity index (χ0) is 15.2. The minimum absolute atomic E-state index is 0.100. The van der Waals surface area contributed by atoms with Crippen molar-refractivity contribution in [3.8, 4) is 0 Å². The van der Waals surface area contributed by atoms with Crippen molar-refractivity contribution in [3.63, 3.8) is 0 Å². The van der Waals surface area contributed by atoms with Crippen LogP contribution in [0.15, 0.2) is 0 Å². The van der Waals surface area contributed by atoms with E-state index in [0.29, 0.717) is 6.54 Å². The molecule has 0 aromatic carbocycles. The Balaban J connectivity index is 4.46. The Morgan fingerprint density at radius 3 is 2.21 bits per heavy atom. The van der Waals surface area contributed by atoms with Gasteiger partial charge in [-0.1, -0.05) is 13.8 Å². The number of hydrogen-bond donors (Lipinski definition) is 2. The van der Waals surface area contributed by atoms with Crippen molar-refractivity contribution in [2.75, 3.05) is 20.1 Å². The predicted molar refractivity (Wildman–Crippen MR) is 71.5 cm³/mol. The van der Waals surface area contributed by atoms with Gasteiger partial charge in [-0.2, -0.15) is 0 Å². The topological polar surface area (TPSA) is 86.7 Å². The lowest BCUT2D eigenvalue weighted by atomic mass is 9.76. The summed E-state index contributed by atoms with van der Waals surface area (Å²) in [6.07, 6.45) is -0.136. The maximum Gasteiger partial charge on any atom is 0.310 e. The molecule has 0 rings (SSSR count). The van der Waals surface area contributed by atoms with Gasteiger partial charge in [0.05, 0.1) is 12.0 Å². The third-order valence-corrected chi connectivity index (χ3v) is 3.63. The number of carbonyl (C=O) groups is 3. The standard InChI is InChI=1S/C13H24N2O4/c1-6-15(5)11(17)8-14-10(16)7-13(4,9(2)3)12(18)19/h9H,6-8H2,1-5H3,(H,14,16)(H,18,19). The minimum atomic E-state index is -1.12. The lowest BCUT2D eigenvalue weighted by Gasteiger charge is -2.28. The highest BCUT2D eigenvalue weighted by molar-refractivity contribution is 5.88. The molecule has 0 aromatic rings. The molecule has 0 aliphatic rings. The average Bonchev–Trinajstić information content (AvgIpc) is 2.34. The van der Waals surface area contributed by atoms with E-state index in [9.17, 15) is 19.5 Å². The molecule has 1 atom stereocenters. The monoisotopic (exact) mass is 272 g/mol. The molecule has 1 unspecified atom stereocenters. The highest BCUT2D eigenvalue weighted by Gasteiger charge is 2.38. The molecule has 0 spiro atoms. The molecule has 0 heterocycles. The second kappa shape index (κ2) is 7.11. The average molecular weight is 272 g/mol. The summed E-state index contributed by atoms with van der Waals surface area (Å²) in [7, 11) is 1.64. The first kappa shape index (κ1) is 17.4. The van der Waals surface area contributed by atoms with Gasteiger partial charge in [0.1, 0.15) is 0 Å². The molecule has 19 heavy (non-hydrogen) atoms. The van der Waals surface area contributed by atoms with E-state index in [1.54, 1.807) is 27.8 Å². The van der Waals surface area contributed by atoms with Crippen molar-refractivity contribution in [1.82, 2.24) is 10.2 Å². The van der Waals surface area contributed by atoms with Crippen LogP contribution < -0.4 is 5.32 Å². The van der Waals surface area contributed by atoms with E-state index < -0.39 is 17.3 Å². The van der Waals surface area contributed by atoms with E-state index in [-0.39, 0.29) is 24.8 Å². The molecular formula is C13H24N2O4. The van der Waals surface area contributed by atoms with Crippen LogP contribution >= 0.6 is 0 Å². The van der Waals surface area contributed by atoms with Crippen LogP contribution in [-0.2, 0) is 14.4 Å². The summed E-state index contributed by atoms with van der Waals surface area (Å²) in [6, 6.07) is 0. The zero-order valence-electron chi connectivity index (χ0n) is 12.3. The Bertz CT molecular complexity index is 355. The number of carboxylic acid groups (broad SMARTS) is 1. The van der Waals surface area contributed by atoms with Crippen LogP contribution in [0.5, 0.6) is 0 Å². The molecule has 0 bridgehead atoms. The third-order valence-electron chi connectivity index (χ3n) is 3.63. The Labute approximate surface area is 114 Å². The number of aliphatic carboxylic acids is 1. The lowest BCUT2D eigenvalue weighted by Crippen LogP contribution is -2.42. The molecule has 0 aliphatic carbocycles. The number of carbonyl (C=O) groups excluding carboxylic acids is 2. The quantitative estimate of drug-likeness (QED) is 0.715. The van der Waals surface area contributed by atoms with Crippen LogP contribution in [0.25, 0.3) is 0 Å². The van der Waals surface area contributed by atoms with E-state index in [1.165, 1.54) is 4.90 Å². The Hall–Kier alpha value is -1.59. The van der Waals surface area contributed by atoms with Gasteiger partial charge in [-0.05, 0) is 19.8 Å². The first-order valence-corrected chi connectivity index (χ1v) is 6.39. The summed E-state index contributed by atoms with van der Waals surface area (Å²) in [5.41, 5.74) is -1.12. The molecule has 6 nitrogen and oxygen atoms in total. The summed E-state index contributed by atoms with van der Waals surface area (Å²) < 4.78 is 0. The number of nitrogens with one attached hydrogen (secondary N) is 1. The second-order valence-electron chi connectivity index (χ2n) is 5.24. The van der Waals surface area contributed by atoms with Crippen molar-refractivity contribution in [2.45, 2.75) is 34.1 Å². The van der Waals surface area contributed by atoms with Gasteiger partial charge >= 0.3 is 5.97 Å². The normalized spacial score (nSPS) is 13.8. The van der Waals surface area contributed by atoms with Crippen molar-refractivity contribution >= 4 is 17.8 Å². The number of carboxylic acids is 1. The largest absolute Gasteiger partial charge is 0.481 e. The van der Waals surface area contributed by atoms with Crippen molar-refractivity contribution in [3.05, 3.63) is 0 Å². The first-order valence-electron chi connectivity index (χ1n) is 6.39. The van der Waals surface area contributed by atoms with Crippen molar-refractivity contribution in [1.29, 1.82) is 0 Å². The second-order valence-corrected chi connectivity index (χ2v) is 5.24. The lowest BCUT2D eigenvalue weighted by molar-refractivity contribution is -0.153. The zero-order valence-corrected chi connectivity index (χ0v) is 12.3. The first-order chi connectivity index (χ1) is 8.65. The van der Waals surface area contributed by atoms with Crippen molar-refractivity contribution in [2.24, 2.45) is 11.3 Å². The molecule has 0 saturated carbocycles. The van der Waals surface area contributed by atoms with Gasteiger partial charge in [0.2, 0.25) is 11.8 Å². The number of hydrogen-bond acceptors (Lipinski definition) is 3. The summed E-state index contributed by atoms with van der Waals surface area (Å²) in [4.78, 5) is 36.0. The number of amides is 2. The molecule has 2 amide bonds. The van der Waals surface area contributed by atoms with Gasteiger partial charge in [0.25, 0.3) is 0 Å². The third kappa shape index (κ3) is 4.89. The van der Waals surface area contributed by atoms with E-state index in [0.717, 1.165) is 0 Å². The molecule has 0 saturated heterocycles. The summed E-state index contributed by atoms with van der Waals surface area (Å²) in [5.74, 6) is -1.80. The Kier molecular flexibility index (Phi) is 6.52. The number of nitrogens with zero attached hydrogens (tertiary/aromatic N) is 1. The van der Waals surface area contributed by atoms with Crippen LogP contribution in [0.1, 0.15) is 34.1 Å². The van der Waals surface area contributed by atoms with Gasteiger partial charge in [0.15, 0.2) is 0 Å². The number of rotatable bonds is 7. The van der Waals surface area contributed by atoms with Crippen LogP contribution in [0.4, 0.5) is 0 Å². The van der Waals surface area contributed by atoms with E-state index in [1.807, 2.05) is 6.92 Å². The molecule has 2 N–H and O–H groups in total. The molecule has 0 aliphatic heterocycles. The molecular weight excluding hydrogens is 248 g/mol. The van der Waals surface area contributed by atoms with Crippen LogP contribution in [0, 0.1) is 11.3 Å². The van der Waals surface area contributed by atoms with Gasteiger partial charge < -0.3 is 15.3 Å². The smallest absolute Gasteiger partial charge is 0.310 e. The minimum Gasteiger partial charge on any atom is -0.481 e. The Morgan fingerprint density at radius 2 is 1.84 bits per heavy atom. The van der Waals surface area contributed by atoms with E-state index >= 15 is 0 Å². The van der Waals surface area contributed by atoms with Gasteiger partial charge in [0, 0.05) is 20.0 Å². The number of likely N-dealkylation sites (N-methyl/N-ethyl adjacent to an activating group) is 1. The summed E-state index contributed by atoms with van der Waals surface area (Å²) in [5, 5.41) is 11.7. The van der Waals surface area contributed by atoms with Crippen molar-refractivity contribution < 1.29 is 19.5 Å². The van der Waals surface area contributed by atoms with Gasteiger partial charge in [-0.3, -0.25) is 14.4 Å². The maximum absolute atomic E-state index is 11.7. The van der Waals surface area contributed by atoms with Gasteiger partial charge in [-0.25, -0.2) is 0 Å². The molecule has 6 heteroatoms. The van der Waals surface area contributed by atoms with Crippen LogP contribution in [0.2, 0.25) is 0 Å². The highest BCUT2D eigenvalue weighted by Crippen LogP contribution is 2.31. The molecule has 110 valence electrons. The van der Waals surface area contributed by atoms with Crippen LogP contribution in [0.3, 0.4) is 0 Å². The molecule has 0 radical (unpaired) electrons. The van der Waals surface area contributed by atoms with Crippen LogP contribution in [-0.4, -0.2) is 47.9 Å². The molecule has 0 aromatic heterocycles. The maximum atomic E-state index is 11.7. The highest BCUT2D eigenvalue weighted by atomic mass is 16.4. The Morgan fingerprint density at radius 1 is 1.32 bits per heavy atom. The van der Waals surface area contributed by atoms with E-state index in [2.05, 4.69) is 5.32 Å². The molecule has 0 fully saturated rings. The van der Waals surface area contributed by atoms with E-state index in [4.69, 9.17) is 0 Å². The SMILES string of the molecule is CCN(C)C(=O)CNC(=O)CC(C)(C(=O)O)C(C)C. The fourth-order valence-corrected chi connectivity index (χ4v) is 1.41. The predicted octanol–water partition coefficient (Wildman–Crippen LogP) is 0.718. The summed E-state index contributed by atoms with van der Waals surface area (Å²) >= 11 is 0.